The Bertz CT molecular complexity index is 1340. The number of anilines is 1. The molecule has 0 spiro atoms. The van der Waals surface area contributed by atoms with Crippen molar-refractivity contribution in [2.24, 2.45) is 11.7 Å². The zero-order chi connectivity index (χ0) is 35.5. The summed E-state index contributed by atoms with van der Waals surface area (Å²) in [7, 11) is 4.90. The molecule has 0 aliphatic carbocycles. The third kappa shape index (κ3) is 16.0. The highest BCUT2D eigenvalue weighted by Gasteiger charge is 2.25. The van der Waals surface area contributed by atoms with Gasteiger partial charge in [-0.15, -0.1) is 0 Å². The topological polar surface area (TPSA) is 253 Å². The van der Waals surface area contributed by atoms with E-state index in [0.717, 1.165) is 23.5 Å². The molecule has 256 valence electrons. The number of ether oxygens (including phenoxy) is 2. The quantitative estimate of drug-likeness (QED) is 0.0538. The van der Waals surface area contributed by atoms with Crippen LogP contribution in [0, 0.1) is 5.92 Å². The zero-order valence-corrected chi connectivity index (χ0v) is 27.1. The van der Waals surface area contributed by atoms with Crippen LogP contribution in [0.3, 0.4) is 0 Å². The fraction of sp³-hybridized carbons (Fsp3) is 0.464. The molecule has 47 heavy (non-hydrogen) atoms. The van der Waals surface area contributed by atoms with Gasteiger partial charge in [-0.3, -0.25) is 33.7 Å². The Balaban J connectivity index is 0.00000141. The number of carbonyl (C=O) groups is 7. The van der Waals surface area contributed by atoms with E-state index in [1.807, 2.05) is 6.92 Å². The molecule has 0 bridgehead atoms. The van der Waals surface area contributed by atoms with Gasteiger partial charge in [0.25, 0.3) is 11.8 Å². The summed E-state index contributed by atoms with van der Waals surface area (Å²) in [4.78, 5) is 81.8. The van der Waals surface area contributed by atoms with Crippen LogP contribution in [0.4, 0.5) is 15.3 Å². The molecular weight excluding hydrogens is 639 g/mol. The number of benzene rings is 1. The first-order valence-corrected chi connectivity index (χ1v) is 15.4. The van der Waals surface area contributed by atoms with E-state index in [-0.39, 0.29) is 54.9 Å². The lowest BCUT2D eigenvalue weighted by Gasteiger charge is -2.21. The highest BCUT2D eigenvalue weighted by atomic mass is 32.2. The summed E-state index contributed by atoms with van der Waals surface area (Å²) >= 11 is -2.45. The number of primary amides is 1. The molecule has 1 heterocycles. The standard InChI is InChI=1S/C24H29BN4O10S.C4H10N2O/c1-14(2)22(28-18(30)7-9-38-10-8-29-20(32)5-6-21(29)33)23(34)26-12-19(31)27-16-4-3-15(13-39-24(25)35)17(11-16)40(36)37;1-2-3-6-4(5)7/h3-6,11,14,22H,7-10,12-13H2,1-2H3,(H,26,34)(H,27,31)(H,28,30)(H,36,37);2-3H2,1H3,(H3,5,6,7). The second-order valence-electron chi connectivity index (χ2n) is 10.0. The average Bonchev–Trinajstić information content (AvgIpc) is 3.32. The van der Waals surface area contributed by atoms with Crippen LogP contribution in [0.25, 0.3) is 0 Å². The van der Waals surface area contributed by atoms with Crippen molar-refractivity contribution in [2.45, 2.75) is 51.2 Å². The minimum Gasteiger partial charge on any atom is -0.470 e. The molecule has 0 saturated heterocycles. The molecule has 1 aliphatic rings. The van der Waals surface area contributed by atoms with E-state index in [9.17, 15) is 42.3 Å². The molecule has 0 aromatic heterocycles. The van der Waals surface area contributed by atoms with Gasteiger partial charge in [-0.25, -0.2) is 9.00 Å². The normalized spacial score (nSPS) is 13.3. The summed E-state index contributed by atoms with van der Waals surface area (Å²) in [5, 5.41) is 9.93. The SMILES string of the molecule is CCCNC(N)=O.[B]C(=O)OCc1ccc(NC(=O)CNC(=O)C(NC(=O)CCOCCN2C(=O)C=CC2=O)C(C)C)cc1S(=O)O. The zero-order valence-electron chi connectivity index (χ0n) is 26.2. The number of rotatable bonds is 17. The number of nitrogens with two attached hydrogens (primary N) is 1. The summed E-state index contributed by atoms with van der Waals surface area (Å²) in [5.41, 5.74) is 5.09. The molecule has 2 atom stereocenters. The molecule has 7 amide bonds. The number of hydrogen-bond acceptors (Lipinski definition) is 10. The number of carbonyl (C=O) groups excluding carboxylic acids is 7. The van der Waals surface area contributed by atoms with Gasteiger partial charge < -0.3 is 41.0 Å². The molecule has 7 N–H and O–H groups in total. The first-order valence-electron chi connectivity index (χ1n) is 14.3. The Morgan fingerprint density at radius 3 is 2.23 bits per heavy atom. The lowest BCUT2D eigenvalue weighted by Crippen LogP contribution is -2.51. The highest BCUT2D eigenvalue weighted by Crippen LogP contribution is 2.20. The largest absolute Gasteiger partial charge is 0.470 e. The van der Waals surface area contributed by atoms with Gasteiger partial charge in [-0.1, -0.05) is 26.8 Å². The number of amides is 7. The van der Waals surface area contributed by atoms with E-state index >= 15 is 0 Å². The molecular formula is C28H39BN6O11S. The van der Waals surface area contributed by atoms with Crippen molar-refractivity contribution in [3.05, 3.63) is 35.9 Å². The van der Waals surface area contributed by atoms with Crippen LogP contribution < -0.4 is 27.0 Å². The van der Waals surface area contributed by atoms with Crippen LogP contribution in [0.2, 0.25) is 0 Å². The van der Waals surface area contributed by atoms with Crippen molar-refractivity contribution in [1.82, 2.24) is 20.9 Å². The maximum atomic E-state index is 12.6. The van der Waals surface area contributed by atoms with E-state index < -0.39 is 65.1 Å². The van der Waals surface area contributed by atoms with Gasteiger partial charge in [0.15, 0.2) is 11.1 Å². The minimum absolute atomic E-state index is 0.00160. The van der Waals surface area contributed by atoms with Gasteiger partial charge in [0.05, 0.1) is 31.2 Å². The molecule has 0 fully saturated rings. The Kier molecular flexibility index (Phi) is 18.3. The predicted molar refractivity (Wildman–Crippen MR) is 169 cm³/mol. The van der Waals surface area contributed by atoms with E-state index in [2.05, 4.69) is 26.0 Å². The first kappa shape index (κ1) is 40.4. The number of nitrogens with one attached hydrogen (secondary N) is 4. The van der Waals surface area contributed by atoms with Crippen LogP contribution in [0.5, 0.6) is 0 Å². The van der Waals surface area contributed by atoms with E-state index in [4.69, 9.17) is 18.3 Å². The number of hydrogen-bond donors (Lipinski definition) is 6. The minimum atomic E-state index is -2.45. The molecule has 17 nitrogen and oxygen atoms in total. The van der Waals surface area contributed by atoms with E-state index in [0.29, 0.717) is 6.54 Å². The van der Waals surface area contributed by atoms with Crippen molar-refractivity contribution >= 4 is 66.0 Å². The highest BCUT2D eigenvalue weighted by molar-refractivity contribution is 7.79. The van der Waals surface area contributed by atoms with Crippen molar-refractivity contribution in [3.8, 4) is 0 Å². The maximum absolute atomic E-state index is 12.6. The molecule has 2 rings (SSSR count). The van der Waals surface area contributed by atoms with Crippen LogP contribution in [0.15, 0.2) is 35.2 Å². The van der Waals surface area contributed by atoms with E-state index in [1.54, 1.807) is 13.8 Å². The molecule has 2 unspecified atom stereocenters. The van der Waals surface area contributed by atoms with Crippen molar-refractivity contribution in [3.63, 3.8) is 0 Å². The molecule has 19 heteroatoms. The van der Waals surface area contributed by atoms with Crippen LogP contribution >= 0.6 is 0 Å². The van der Waals surface area contributed by atoms with Crippen molar-refractivity contribution in [2.75, 3.05) is 38.2 Å². The Hall–Kier alpha value is -4.62. The fourth-order valence-corrected chi connectivity index (χ4v) is 4.23. The third-order valence-corrected chi connectivity index (χ3v) is 6.74. The Morgan fingerprint density at radius 2 is 1.70 bits per heavy atom. The van der Waals surface area contributed by atoms with Crippen molar-refractivity contribution < 1.29 is 51.8 Å². The summed E-state index contributed by atoms with van der Waals surface area (Å²) in [6.07, 6.45) is 3.18. The lowest BCUT2D eigenvalue weighted by molar-refractivity contribution is -0.138. The van der Waals surface area contributed by atoms with Crippen LogP contribution in [-0.2, 0) is 51.1 Å². The molecule has 1 aromatic rings. The molecule has 1 aliphatic heterocycles. The maximum Gasteiger partial charge on any atom is 0.312 e. The van der Waals surface area contributed by atoms with Crippen molar-refractivity contribution in [1.29, 1.82) is 0 Å². The fourth-order valence-electron chi connectivity index (χ4n) is 3.65. The number of urea groups is 1. The number of imide groups is 1. The number of nitrogens with zero attached hydrogens (tertiary/aromatic N) is 1. The lowest BCUT2D eigenvalue weighted by atomic mass is 10.0. The second-order valence-corrected chi connectivity index (χ2v) is 11.0. The second kappa shape index (κ2) is 21.2. The van der Waals surface area contributed by atoms with Gasteiger partial charge in [0, 0.05) is 36.4 Å². The average molecular weight is 679 g/mol. The summed E-state index contributed by atoms with van der Waals surface area (Å²) < 4.78 is 31.0. The third-order valence-electron chi connectivity index (χ3n) is 5.98. The Labute approximate surface area is 275 Å². The van der Waals surface area contributed by atoms with Gasteiger partial charge in [0.1, 0.15) is 12.6 Å². The van der Waals surface area contributed by atoms with Gasteiger partial charge in [-0.05, 0) is 24.5 Å². The predicted octanol–water partition coefficient (Wildman–Crippen LogP) is -0.336. The van der Waals surface area contributed by atoms with Gasteiger partial charge >= 0.3 is 6.03 Å². The smallest absolute Gasteiger partial charge is 0.312 e. The summed E-state index contributed by atoms with van der Waals surface area (Å²) in [6.45, 7) is 5.37. The molecule has 1 aromatic carbocycles. The molecule has 0 saturated carbocycles. The van der Waals surface area contributed by atoms with E-state index in [1.165, 1.54) is 18.2 Å². The van der Waals surface area contributed by atoms with Crippen LogP contribution in [0.1, 0.15) is 39.2 Å². The Morgan fingerprint density at radius 1 is 1.04 bits per heavy atom. The summed E-state index contributed by atoms with van der Waals surface area (Å²) in [5.74, 6) is -3.95. The van der Waals surface area contributed by atoms with Gasteiger partial charge in [-0.2, -0.15) is 0 Å². The monoisotopic (exact) mass is 678 g/mol. The van der Waals surface area contributed by atoms with Crippen LogP contribution in [-0.4, -0.2) is 102 Å². The van der Waals surface area contributed by atoms with Gasteiger partial charge in [0.2, 0.25) is 31.4 Å². The first-order chi connectivity index (χ1) is 22.2. The summed E-state index contributed by atoms with van der Waals surface area (Å²) in [6, 6.07) is 2.61. The molecule has 2 radical (unpaired) electrons.